The Bertz CT molecular complexity index is 317. The van der Waals surface area contributed by atoms with Crippen LogP contribution in [0, 0.1) is 5.41 Å². The zero-order chi connectivity index (χ0) is 11.8. The molecule has 1 saturated heterocycles. The van der Waals surface area contributed by atoms with Crippen LogP contribution in [0.25, 0.3) is 0 Å². The molecule has 0 radical (unpaired) electrons. The van der Waals surface area contributed by atoms with Crippen LogP contribution in [0.2, 0.25) is 0 Å². The summed E-state index contributed by atoms with van der Waals surface area (Å²) in [5.41, 5.74) is -0.551. The minimum absolute atomic E-state index is 0.0666. The Morgan fingerprint density at radius 1 is 1.40 bits per heavy atom. The summed E-state index contributed by atoms with van der Waals surface area (Å²) in [5.74, 6) is -0.805. The Morgan fingerprint density at radius 2 is 1.93 bits per heavy atom. The van der Waals surface area contributed by atoms with E-state index in [1.807, 2.05) is 0 Å². The average Bonchev–Trinajstić information content (AvgIpc) is 2.32. The van der Waals surface area contributed by atoms with E-state index in [0.29, 0.717) is 0 Å². The largest absolute Gasteiger partial charge is 0.343 e. The summed E-state index contributed by atoms with van der Waals surface area (Å²) < 4.78 is 0. The number of imide groups is 1. The van der Waals surface area contributed by atoms with E-state index in [1.54, 1.807) is 20.8 Å². The molecule has 1 fully saturated rings. The van der Waals surface area contributed by atoms with Crippen molar-refractivity contribution >= 4 is 17.7 Å². The lowest BCUT2D eigenvalue weighted by Crippen LogP contribution is -2.45. The Balaban J connectivity index is 2.66. The minimum atomic E-state index is -0.686. The molecule has 1 heterocycles. The quantitative estimate of drug-likeness (QED) is 0.617. The predicted molar refractivity (Wildman–Crippen MR) is 53.8 cm³/mol. The first-order valence-corrected chi connectivity index (χ1v) is 4.85. The van der Waals surface area contributed by atoms with Crippen LogP contribution in [-0.2, 0) is 14.4 Å². The minimum Gasteiger partial charge on any atom is -0.343 e. The number of likely N-dealkylation sites (tertiary alicyclic amines) is 1. The predicted octanol–water partition coefficient (Wildman–Crippen LogP) is -0.0940. The summed E-state index contributed by atoms with van der Waals surface area (Å²) in [6.45, 7) is 5.27. The standard InChI is InChI=1S/C10H16N2O3/c1-10(2,3)9(15)11-6-5-7(13)12(4)8(6)14/h6H,5H2,1-4H3,(H,11,15)/t6-/m1/s1. The van der Waals surface area contributed by atoms with Gasteiger partial charge in [-0.05, 0) is 0 Å². The van der Waals surface area contributed by atoms with Gasteiger partial charge in [0.2, 0.25) is 11.8 Å². The molecule has 0 spiro atoms. The van der Waals surface area contributed by atoms with Gasteiger partial charge in [0.05, 0.1) is 6.42 Å². The van der Waals surface area contributed by atoms with E-state index in [0.717, 1.165) is 4.90 Å². The van der Waals surface area contributed by atoms with Crippen molar-refractivity contribution in [2.24, 2.45) is 5.41 Å². The van der Waals surface area contributed by atoms with Crippen LogP contribution in [-0.4, -0.2) is 35.7 Å². The first-order valence-electron chi connectivity index (χ1n) is 4.85. The molecule has 0 aromatic heterocycles. The van der Waals surface area contributed by atoms with Gasteiger partial charge in [0, 0.05) is 12.5 Å². The maximum Gasteiger partial charge on any atom is 0.252 e. The van der Waals surface area contributed by atoms with Crippen molar-refractivity contribution in [2.45, 2.75) is 33.2 Å². The molecule has 1 N–H and O–H groups in total. The van der Waals surface area contributed by atoms with Crippen LogP contribution in [0.15, 0.2) is 0 Å². The molecule has 1 atom stereocenters. The molecule has 0 unspecified atom stereocenters. The van der Waals surface area contributed by atoms with Crippen molar-refractivity contribution in [1.29, 1.82) is 0 Å². The summed E-state index contributed by atoms with van der Waals surface area (Å²) in [6, 6.07) is -0.686. The fourth-order valence-corrected chi connectivity index (χ4v) is 1.24. The number of nitrogens with zero attached hydrogens (tertiary/aromatic N) is 1. The molecule has 0 bridgehead atoms. The van der Waals surface area contributed by atoms with Gasteiger partial charge in [-0.15, -0.1) is 0 Å². The molecule has 0 saturated carbocycles. The number of likely N-dealkylation sites (N-methyl/N-ethyl adjacent to an activating group) is 1. The maximum atomic E-state index is 11.6. The van der Waals surface area contributed by atoms with Gasteiger partial charge in [0.25, 0.3) is 5.91 Å². The highest BCUT2D eigenvalue weighted by atomic mass is 16.2. The lowest BCUT2D eigenvalue weighted by Gasteiger charge is -2.20. The van der Waals surface area contributed by atoms with Crippen molar-refractivity contribution in [1.82, 2.24) is 10.2 Å². The van der Waals surface area contributed by atoms with Crippen LogP contribution >= 0.6 is 0 Å². The second-order valence-electron chi connectivity index (χ2n) is 4.77. The first-order chi connectivity index (χ1) is 6.73. The summed E-state index contributed by atoms with van der Waals surface area (Å²) in [7, 11) is 1.42. The molecule has 0 aromatic carbocycles. The lowest BCUT2D eigenvalue weighted by atomic mass is 9.95. The number of nitrogens with one attached hydrogen (secondary N) is 1. The molecule has 3 amide bonds. The average molecular weight is 212 g/mol. The van der Waals surface area contributed by atoms with Gasteiger partial charge in [0.15, 0.2) is 0 Å². The molecule has 1 rings (SSSR count). The van der Waals surface area contributed by atoms with Crippen LogP contribution in [0.1, 0.15) is 27.2 Å². The number of carbonyl (C=O) groups is 3. The van der Waals surface area contributed by atoms with Gasteiger partial charge >= 0.3 is 0 Å². The van der Waals surface area contributed by atoms with Crippen molar-refractivity contribution < 1.29 is 14.4 Å². The van der Waals surface area contributed by atoms with E-state index in [1.165, 1.54) is 7.05 Å². The van der Waals surface area contributed by atoms with Gasteiger partial charge in [-0.1, -0.05) is 20.8 Å². The topological polar surface area (TPSA) is 66.5 Å². The second kappa shape index (κ2) is 3.64. The summed E-state index contributed by atoms with van der Waals surface area (Å²) in [6.07, 6.45) is 0.0666. The van der Waals surface area contributed by atoms with Crippen LogP contribution in [0.4, 0.5) is 0 Å². The molecule has 1 aliphatic rings. The molecule has 15 heavy (non-hydrogen) atoms. The monoisotopic (exact) mass is 212 g/mol. The molecule has 0 aromatic rings. The van der Waals surface area contributed by atoms with Gasteiger partial charge in [0.1, 0.15) is 6.04 Å². The smallest absolute Gasteiger partial charge is 0.252 e. The summed E-state index contributed by atoms with van der Waals surface area (Å²) in [5, 5.41) is 2.58. The van der Waals surface area contributed by atoms with E-state index < -0.39 is 11.5 Å². The van der Waals surface area contributed by atoms with Gasteiger partial charge in [-0.3, -0.25) is 19.3 Å². The zero-order valence-electron chi connectivity index (χ0n) is 9.46. The molecule has 5 nitrogen and oxygen atoms in total. The fraction of sp³-hybridized carbons (Fsp3) is 0.700. The molecular weight excluding hydrogens is 196 g/mol. The maximum absolute atomic E-state index is 11.6. The Morgan fingerprint density at radius 3 is 2.27 bits per heavy atom. The zero-order valence-corrected chi connectivity index (χ0v) is 9.46. The third-order valence-electron chi connectivity index (χ3n) is 2.37. The van der Waals surface area contributed by atoms with Crippen LogP contribution in [0.5, 0.6) is 0 Å². The molecule has 1 aliphatic heterocycles. The normalized spacial score (nSPS) is 22.1. The Hall–Kier alpha value is -1.39. The van der Waals surface area contributed by atoms with E-state index >= 15 is 0 Å². The number of amides is 3. The second-order valence-corrected chi connectivity index (χ2v) is 4.77. The fourth-order valence-electron chi connectivity index (χ4n) is 1.24. The number of hydrogen-bond donors (Lipinski definition) is 1. The van der Waals surface area contributed by atoms with Crippen molar-refractivity contribution in [3.05, 3.63) is 0 Å². The highest BCUT2D eigenvalue weighted by Crippen LogP contribution is 2.16. The van der Waals surface area contributed by atoms with E-state index in [2.05, 4.69) is 5.32 Å². The summed E-state index contributed by atoms with van der Waals surface area (Å²) >= 11 is 0. The number of rotatable bonds is 1. The van der Waals surface area contributed by atoms with Crippen molar-refractivity contribution in [3.63, 3.8) is 0 Å². The third kappa shape index (κ3) is 2.34. The van der Waals surface area contributed by atoms with Crippen molar-refractivity contribution in [2.75, 3.05) is 7.05 Å². The Labute approximate surface area is 88.8 Å². The number of carbonyl (C=O) groups excluding carboxylic acids is 3. The third-order valence-corrected chi connectivity index (χ3v) is 2.37. The first kappa shape index (κ1) is 11.7. The highest BCUT2D eigenvalue weighted by Gasteiger charge is 2.38. The Kier molecular flexibility index (Phi) is 2.83. The van der Waals surface area contributed by atoms with Gasteiger partial charge in [-0.25, -0.2) is 0 Å². The molecule has 5 heteroatoms. The van der Waals surface area contributed by atoms with Crippen LogP contribution in [0.3, 0.4) is 0 Å². The summed E-state index contributed by atoms with van der Waals surface area (Å²) in [4.78, 5) is 35.3. The van der Waals surface area contributed by atoms with Crippen molar-refractivity contribution in [3.8, 4) is 0 Å². The highest BCUT2D eigenvalue weighted by molar-refractivity contribution is 6.06. The van der Waals surface area contributed by atoms with Gasteiger partial charge in [-0.2, -0.15) is 0 Å². The van der Waals surface area contributed by atoms with Gasteiger partial charge < -0.3 is 5.32 Å². The van der Waals surface area contributed by atoms with E-state index in [9.17, 15) is 14.4 Å². The SMILES string of the molecule is CN1C(=O)C[C@@H](NC(=O)C(C)(C)C)C1=O. The van der Waals surface area contributed by atoms with E-state index in [4.69, 9.17) is 0 Å². The number of hydrogen-bond acceptors (Lipinski definition) is 3. The van der Waals surface area contributed by atoms with E-state index in [-0.39, 0.29) is 24.1 Å². The molecular formula is C10H16N2O3. The lowest BCUT2D eigenvalue weighted by molar-refractivity contribution is -0.139. The molecule has 84 valence electrons. The van der Waals surface area contributed by atoms with Crippen LogP contribution < -0.4 is 5.32 Å². The molecule has 0 aliphatic carbocycles.